The van der Waals surface area contributed by atoms with Crippen molar-refractivity contribution in [3.63, 3.8) is 0 Å². The number of halogens is 2. The number of aromatic nitrogens is 3. The fraction of sp³-hybridized carbons (Fsp3) is 0.857. The zero-order chi connectivity index (χ0) is 14.6. The SMILES string of the molecule is CCNC(Cc1ncnn1CC)C1CCC(F)(F)CC1. The van der Waals surface area contributed by atoms with Gasteiger partial charge >= 0.3 is 0 Å². The van der Waals surface area contributed by atoms with Crippen LogP contribution in [-0.4, -0.2) is 33.3 Å². The largest absolute Gasteiger partial charge is 0.314 e. The summed E-state index contributed by atoms with van der Waals surface area (Å²) in [5, 5.41) is 7.62. The van der Waals surface area contributed by atoms with Gasteiger partial charge in [-0.25, -0.2) is 13.8 Å². The molecule has 1 fully saturated rings. The standard InChI is InChI=1S/C14H24F2N4/c1-3-17-12(9-13-18-10-19-20(13)4-2)11-5-7-14(15,16)8-6-11/h10-12,17H,3-9H2,1-2H3. The van der Waals surface area contributed by atoms with E-state index in [0.29, 0.717) is 18.8 Å². The molecule has 1 aliphatic carbocycles. The van der Waals surface area contributed by atoms with E-state index in [2.05, 4.69) is 22.3 Å². The molecule has 20 heavy (non-hydrogen) atoms. The van der Waals surface area contributed by atoms with Crippen LogP contribution in [0, 0.1) is 5.92 Å². The van der Waals surface area contributed by atoms with E-state index in [1.165, 1.54) is 0 Å². The number of aryl methyl sites for hydroxylation is 1. The lowest BCUT2D eigenvalue weighted by Gasteiger charge is -2.34. The third-order valence-corrected chi connectivity index (χ3v) is 4.19. The lowest BCUT2D eigenvalue weighted by atomic mass is 9.81. The molecular formula is C14H24F2N4. The van der Waals surface area contributed by atoms with Crippen molar-refractivity contribution in [2.24, 2.45) is 5.92 Å². The molecule has 1 unspecified atom stereocenters. The maximum absolute atomic E-state index is 13.3. The number of hydrogen-bond acceptors (Lipinski definition) is 3. The summed E-state index contributed by atoms with van der Waals surface area (Å²) < 4.78 is 28.4. The van der Waals surface area contributed by atoms with Crippen LogP contribution in [0.4, 0.5) is 8.78 Å². The Morgan fingerprint density at radius 3 is 2.70 bits per heavy atom. The van der Waals surface area contributed by atoms with E-state index in [0.717, 1.165) is 25.3 Å². The van der Waals surface area contributed by atoms with E-state index in [9.17, 15) is 8.78 Å². The van der Waals surface area contributed by atoms with E-state index < -0.39 is 5.92 Å². The Kier molecular flexibility index (Phi) is 5.07. The fourth-order valence-electron chi connectivity index (χ4n) is 3.04. The van der Waals surface area contributed by atoms with E-state index >= 15 is 0 Å². The Morgan fingerprint density at radius 2 is 2.10 bits per heavy atom. The molecule has 1 heterocycles. The van der Waals surface area contributed by atoms with Gasteiger partial charge in [0.1, 0.15) is 12.2 Å². The number of likely N-dealkylation sites (N-methyl/N-ethyl adjacent to an activating group) is 1. The molecule has 114 valence electrons. The van der Waals surface area contributed by atoms with Gasteiger partial charge in [0.25, 0.3) is 0 Å². The molecule has 1 saturated carbocycles. The first kappa shape index (κ1) is 15.4. The van der Waals surface area contributed by atoms with Crippen molar-refractivity contribution in [1.82, 2.24) is 20.1 Å². The Morgan fingerprint density at radius 1 is 1.40 bits per heavy atom. The first-order chi connectivity index (χ1) is 9.55. The fourth-order valence-corrected chi connectivity index (χ4v) is 3.04. The van der Waals surface area contributed by atoms with Gasteiger partial charge in [0.05, 0.1) is 0 Å². The summed E-state index contributed by atoms with van der Waals surface area (Å²) in [6.07, 6.45) is 3.53. The van der Waals surface area contributed by atoms with Crippen LogP contribution in [0.15, 0.2) is 6.33 Å². The monoisotopic (exact) mass is 286 g/mol. The molecule has 2 rings (SSSR count). The second kappa shape index (κ2) is 6.61. The van der Waals surface area contributed by atoms with E-state index in [4.69, 9.17) is 0 Å². The summed E-state index contributed by atoms with van der Waals surface area (Å²) in [6.45, 7) is 5.71. The predicted octanol–water partition coefficient (Wildman–Crippen LogP) is 2.64. The number of nitrogens with zero attached hydrogens (tertiary/aromatic N) is 3. The van der Waals surface area contributed by atoms with Crippen LogP contribution in [0.25, 0.3) is 0 Å². The Labute approximate surface area is 119 Å². The van der Waals surface area contributed by atoms with Crippen molar-refractivity contribution in [2.45, 2.75) is 64.5 Å². The van der Waals surface area contributed by atoms with Crippen molar-refractivity contribution in [3.05, 3.63) is 12.2 Å². The molecule has 4 nitrogen and oxygen atoms in total. The Hall–Kier alpha value is -1.04. The molecule has 0 saturated heterocycles. The maximum atomic E-state index is 13.3. The zero-order valence-electron chi connectivity index (χ0n) is 12.3. The first-order valence-electron chi connectivity index (χ1n) is 7.53. The minimum Gasteiger partial charge on any atom is -0.314 e. The van der Waals surface area contributed by atoms with Crippen molar-refractivity contribution in [1.29, 1.82) is 0 Å². The number of nitrogens with one attached hydrogen (secondary N) is 1. The van der Waals surface area contributed by atoms with E-state index in [-0.39, 0.29) is 18.9 Å². The quantitative estimate of drug-likeness (QED) is 0.874. The van der Waals surface area contributed by atoms with Gasteiger partial charge in [0.2, 0.25) is 5.92 Å². The molecule has 1 aromatic heterocycles. The summed E-state index contributed by atoms with van der Waals surface area (Å²) in [6, 6.07) is 0.214. The van der Waals surface area contributed by atoms with Crippen molar-refractivity contribution in [2.75, 3.05) is 6.54 Å². The molecule has 0 bridgehead atoms. The molecule has 0 spiro atoms. The summed E-state index contributed by atoms with van der Waals surface area (Å²) >= 11 is 0. The predicted molar refractivity (Wildman–Crippen MR) is 73.8 cm³/mol. The molecular weight excluding hydrogens is 262 g/mol. The average Bonchev–Trinajstić information content (AvgIpc) is 2.85. The third-order valence-electron chi connectivity index (χ3n) is 4.19. The highest BCUT2D eigenvalue weighted by Crippen LogP contribution is 2.37. The summed E-state index contributed by atoms with van der Waals surface area (Å²) in [5.74, 6) is -1.22. The van der Waals surface area contributed by atoms with Gasteiger partial charge < -0.3 is 5.32 Å². The van der Waals surface area contributed by atoms with Gasteiger partial charge in [-0.2, -0.15) is 5.10 Å². The second-order valence-corrected chi connectivity index (χ2v) is 5.55. The van der Waals surface area contributed by atoms with Gasteiger partial charge in [0, 0.05) is 31.8 Å². The van der Waals surface area contributed by atoms with Crippen LogP contribution in [0.2, 0.25) is 0 Å². The molecule has 6 heteroatoms. The summed E-state index contributed by atoms with van der Waals surface area (Å²) in [5.41, 5.74) is 0. The first-order valence-corrected chi connectivity index (χ1v) is 7.53. The van der Waals surface area contributed by atoms with Crippen LogP contribution < -0.4 is 5.32 Å². The lowest BCUT2D eigenvalue weighted by Crippen LogP contribution is -2.42. The lowest BCUT2D eigenvalue weighted by molar-refractivity contribution is -0.0495. The number of alkyl halides is 2. The Bertz CT molecular complexity index is 409. The van der Waals surface area contributed by atoms with Crippen molar-refractivity contribution in [3.8, 4) is 0 Å². The van der Waals surface area contributed by atoms with Crippen molar-refractivity contribution >= 4 is 0 Å². The topological polar surface area (TPSA) is 42.7 Å². The molecule has 1 aliphatic rings. The molecule has 1 N–H and O–H groups in total. The maximum Gasteiger partial charge on any atom is 0.248 e. The molecule has 1 atom stereocenters. The van der Waals surface area contributed by atoms with Gasteiger partial charge in [0.15, 0.2) is 0 Å². The van der Waals surface area contributed by atoms with Gasteiger partial charge in [-0.3, -0.25) is 4.68 Å². The molecule has 0 aliphatic heterocycles. The molecule has 1 aromatic rings. The minimum absolute atomic E-state index is 0.0139. The number of hydrogen-bond donors (Lipinski definition) is 1. The smallest absolute Gasteiger partial charge is 0.248 e. The van der Waals surface area contributed by atoms with Crippen molar-refractivity contribution < 1.29 is 8.78 Å². The highest BCUT2D eigenvalue weighted by Gasteiger charge is 2.37. The van der Waals surface area contributed by atoms with E-state index in [1.54, 1.807) is 6.33 Å². The van der Waals surface area contributed by atoms with Crippen LogP contribution in [-0.2, 0) is 13.0 Å². The molecule has 0 aromatic carbocycles. The normalized spacial score (nSPS) is 21.0. The highest BCUT2D eigenvalue weighted by molar-refractivity contribution is 4.94. The molecule has 0 amide bonds. The average molecular weight is 286 g/mol. The third kappa shape index (κ3) is 3.75. The second-order valence-electron chi connectivity index (χ2n) is 5.55. The number of rotatable bonds is 6. The van der Waals surface area contributed by atoms with Crippen LogP contribution >= 0.6 is 0 Å². The summed E-state index contributed by atoms with van der Waals surface area (Å²) in [7, 11) is 0. The Balaban J connectivity index is 2.00. The minimum atomic E-state index is -2.46. The molecule has 0 radical (unpaired) electrons. The van der Waals surface area contributed by atoms with Gasteiger partial charge in [-0.15, -0.1) is 0 Å². The zero-order valence-corrected chi connectivity index (χ0v) is 12.3. The van der Waals surface area contributed by atoms with Crippen LogP contribution in [0.3, 0.4) is 0 Å². The van der Waals surface area contributed by atoms with Crippen LogP contribution in [0.1, 0.15) is 45.4 Å². The van der Waals surface area contributed by atoms with Gasteiger partial charge in [-0.1, -0.05) is 6.92 Å². The summed E-state index contributed by atoms with van der Waals surface area (Å²) in [4.78, 5) is 4.30. The van der Waals surface area contributed by atoms with Gasteiger partial charge in [-0.05, 0) is 32.2 Å². The van der Waals surface area contributed by atoms with E-state index in [1.807, 2.05) is 11.6 Å². The highest BCUT2D eigenvalue weighted by atomic mass is 19.3. The van der Waals surface area contributed by atoms with Crippen LogP contribution in [0.5, 0.6) is 0 Å².